The summed E-state index contributed by atoms with van der Waals surface area (Å²) >= 11 is 1.60. The van der Waals surface area contributed by atoms with Crippen molar-refractivity contribution in [2.75, 3.05) is 0 Å². The van der Waals surface area contributed by atoms with Crippen molar-refractivity contribution in [3.63, 3.8) is 0 Å². The fourth-order valence-electron chi connectivity index (χ4n) is 2.60. The van der Waals surface area contributed by atoms with E-state index in [1.165, 1.54) is 0 Å². The van der Waals surface area contributed by atoms with Crippen LogP contribution in [0.25, 0.3) is 0 Å². The highest BCUT2D eigenvalue weighted by Gasteiger charge is 2.48. The van der Waals surface area contributed by atoms with E-state index in [-0.39, 0.29) is 17.9 Å². The highest BCUT2D eigenvalue weighted by molar-refractivity contribution is 7.10. The molecule has 0 aliphatic heterocycles. The van der Waals surface area contributed by atoms with Gasteiger partial charge < -0.3 is 10.4 Å². The van der Waals surface area contributed by atoms with E-state index in [2.05, 4.69) is 5.32 Å². The number of carboxylic acids is 1. The van der Waals surface area contributed by atoms with E-state index in [4.69, 9.17) is 5.11 Å². The summed E-state index contributed by atoms with van der Waals surface area (Å²) in [7, 11) is 0. The molecule has 0 saturated heterocycles. The third-order valence-corrected chi connectivity index (χ3v) is 4.92. The normalized spacial score (nSPS) is 21.1. The van der Waals surface area contributed by atoms with Gasteiger partial charge in [-0.2, -0.15) is 0 Å². The van der Waals surface area contributed by atoms with Gasteiger partial charge in [0, 0.05) is 4.88 Å². The number of hydrogen-bond donors (Lipinski definition) is 2. The molecule has 0 radical (unpaired) electrons. The Morgan fingerprint density at radius 2 is 1.95 bits per heavy atom. The van der Waals surface area contributed by atoms with Crippen molar-refractivity contribution in [1.82, 2.24) is 5.32 Å². The Morgan fingerprint density at radius 3 is 2.55 bits per heavy atom. The molecule has 1 aliphatic rings. The van der Waals surface area contributed by atoms with E-state index in [9.17, 15) is 9.59 Å². The second-order valence-electron chi connectivity index (χ2n) is 5.55. The van der Waals surface area contributed by atoms with E-state index < -0.39 is 11.9 Å². The van der Waals surface area contributed by atoms with Gasteiger partial charge in [-0.3, -0.25) is 9.59 Å². The van der Waals surface area contributed by atoms with Crippen molar-refractivity contribution in [2.45, 2.75) is 18.9 Å². The Labute approximate surface area is 132 Å². The largest absolute Gasteiger partial charge is 0.481 e. The quantitative estimate of drug-likeness (QED) is 0.861. The van der Waals surface area contributed by atoms with Crippen LogP contribution in [-0.4, -0.2) is 17.0 Å². The zero-order valence-corrected chi connectivity index (χ0v) is 12.8. The number of benzene rings is 1. The molecule has 1 aliphatic carbocycles. The molecule has 1 heterocycles. The van der Waals surface area contributed by atoms with E-state index in [0.29, 0.717) is 12.8 Å². The Kier molecular flexibility index (Phi) is 4.24. The van der Waals surface area contributed by atoms with Crippen molar-refractivity contribution in [3.05, 3.63) is 58.3 Å². The lowest BCUT2D eigenvalue weighted by atomic mass is 10.0. The van der Waals surface area contributed by atoms with Gasteiger partial charge in [-0.15, -0.1) is 11.3 Å². The summed E-state index contributed by atoms with van der Waals surface area (Å²) in [6, 6.07) is 13.8. The van der Waals surface area contributed by atoms with Gasteiger partial charge in [0.05, 0.1) is 17.9 Å². The first kappa shape index (κ1) is 14.8. The summed E-state index contributed by atoms with van der Waals surface area (Å²) in [6.07, 6.45) is 1.15. The van der Waals surface area contributed by atoms with Gasteiger partial charge in [0.25, 0.3) is 0 Å². The number of hydrogen-bond acceptors (Lipinski definition) is 3. The second kappa shape index (κ2) is 6.32. The lowest BCUT2D eigenvalue weighted by molar-refractivity contribution is -0.140. The highest BCUT2D eigenvalue weighted by atomic mass is 32.1. The van der Waals surface area contributed by atoms with Crippen molar-refractivity contribution in [1.29, 1.82) is 0 Å². The SMILES string of the molecule is O=C(N[C@@H](Cc1ccccc1)c1cccs1)[C@H]1C[C@H]1C(=O)O. The molecule has 1 aromatic carbocycles. The van der Waals surface area contributed by atoms with Crippen molar-refractivity contribution in [3.8, 4) is 0 Å². The number of carbonyl (C=O) groups excluding carboxylic acids is 1. The van der Waals surface area contributed by atoms with Crippen LogP contribution in [0.2, 0.25) is 0 Å². The Morgan fingerprint density at radius 1 is 1.18 bits per heavy atom. The maximum Gasteiger partial charge on any atom is 0.307 e. The fourth-order valence-corrected chi connectivity index (χ4v) is 3.38. The first-order valence-electron chi connectivity index (χ1n) is 7.25. The summed E-state index contributed by atoms with van der Waals surface area (Å²) in [5, 5.41) is 14.0. The Hall–Kier alpha value is -2.14. The third-order valence-electron chi connectivity index (χ3n) is 3.93. The minimum Gasteiger partial charge on any atom is -0.481 e. The van der Waals surface area contributed by atoms with Crippen molar-refractivity contribution in [2.24, 2.45) is 11.8 Å². The van der Waals surface area contributed by atoms with Gasteiger partial charge in [0.1, 0.15) is 0 Å². The van der Waals surface area contributed by atoms with Gasteiger partial charge >= 0.3 is 5.97 Å². The number of rotatable bonds is 6. The molecule has 2 N–H and O–H groups in total. The molecule has 0 bridgehead atoms. The summed E-state index contributed by atoms with van der Waals surface area (Å²) in [5.74, 6) is -1.92. The van der Waals surface area contributed by atoms with E-state index in [0.717, 1.165) is 10.4 Å². The zero-order valence-electron chi connectivity index (χ0n) is 11.9. The van der Waals surface area contributed by atoms with E-state index in [1.807, 2.05) is 47.8 Å². The average Bonchev–Trinajstić information content (AvgIpc) is 3.15. The minimum atomic E-state index is -0.879. The van der Waals surface area contributed by atoms with Crippen LogP contribution in [0.5, 0.6) is 0 Å². The molecular weight excluding hydrogens is 298 g/mol. The fraction of sp³-hybridized carbons (Fsp3) is 0.294. The molecule has 1 fully saturated rings. The number of aliphatic carboxylic acids is 1. The molecule has 0 unspecified atom stereocenters. The van der Waals surface area contributed by atoms with E-state index in [1.54, 1.807) is 11.3 Å². The summed E-state index contributed by atoms with van der Waals surface area (Å²) in [4.78, 5) is 24.2. The lowest BCUT2D eigenvalue weighted by Crippen LogP contribution is -2.31. The molecule has 3 rings (SSSR count). The Bertz CT molecular complexity index is 654. The van der Waals surface area contributed by atoms with Crippen molar-refractivity contribution < 1.29 is 14.7 Å². The molecule has 4 nitrogen and oxygen atoms in total. The molecule has 114 valence electrons. The van der Waals surface area contributed by atoms with Crippen LogP contribution in [0.4, 0.5) is 0 Å². The van der Waals surface area contributed by atoms with E-state index >= 15 is 0 Å². The van der Waals surface area contributed by atoms with Crippen LogP contribution in [0.15, 0.2) is 47.8 Å². The summed E-state index contributed by atoms with van der Waals surface area (Å²) in [6.45, 7) is 0. The van der Waals surface area contributed by atoms with Crippen molar-refractivity contribution >= 4 is 23.2 Å². The smallest absolute Gasteiger partial charge is 0.307 e. The zero-order chi connectivity index (χ0) is 15.5. The number of carbonyl (C=O) groups is 2. The molecule has 1 amide bonds. The molecule has 22 heavy (non-hydrogen) atoms. The molecule has 1 saturated carbocycles. The van der Waals surface area contributed by atoms with Crippen LogP contribution in [-0.2, 0) is 16.0 Å². The summed E-state index contributed by atoms with van der Waals surface area (Å²) < 4.78 is 0. The van der Waals surface area contributed by atoms with Crippen LogP contribution in [0, 0.1) is 11.8 Å². The van der Waals surface area contributed by atoms with Crippen LogP contribution in [0.3, 0.4) is 0 Å². The molecule has 0 spiro atoms. The number of nitrogens with one attached hydrogen (secondary N) is 1. The lowest BCUT2D eigenvalue weighted by Gasteiger charge is -2.18. The van der Waals surface area contributed by atoms with Gasteiger partial charge in [-0.05, 0) is 29.9 Å². The molecule has 5 heteroatoms. The third kappa shape index (κ3) is 3.36. The molecule has 3 atom stereocenters. The van der Waals surface area contributed by atoms with Crippen LogP contribution in [0.1, 0.15) is 22.9 Å². The van der Waals surface area contributed by atoms with Gasteiger partial charge in [-0.25, -0.2) is 0 Å². The van der Waals surface area contributed by atoms with Gasteiger partial charge in [-0.1, -0.05) is 36.4 Å². The topological polar surface area (TPSA) is 66.4 Å². The predicted molar refractivity (Wildman–Crippen MR) is 84.6 cm³/mol. The minimum absolute atomic E-state index is 0.107. The maximum atomic E-state index is 12.2. The Balaban J connectivity index is 1.70. The molecule has 2 aromatic rings. The second-order valence-corrected chi connectivity index (χ2v) is 6.53. The standard InChI is InChI=1S/C17H17NO3S/c19-16(12-10-13(12)17(20)21)18-14(15-7-4-8-22-15)9-11-5-2-1-3-6-11/h1-8,12-14H,9-10H2,(H,18,19)(H,20,21)/t12-,13+,14-/m0/s1. The van der Waals surface area contributed by atoms with Crippen LogP contribution < -0.4 is 5.32 Å². The highest BCUT2D eigenvalue weighted by Crippen LogP contribution is 2.39. The maximum absolute atomic E-state index is 12.2. The monoisotopic (exact) mass is 315 g/mol. The number of amides is 1. The first-order valence-corrected chi connectivity index (χ1v) is 8.13. The van der Waals surface area contributed by atoms with Crippen LogP contribution >= 0.6 is 11.3 Å². The number of carboxylic acid groups (broad SMARTS) is 1. The first-order chi connectivity index (χ1) is 10.6. The van der Waals surface area contributed by atoms with Gasteiger partial charge in [0.15, 0.2) is 0 Å². The predicted octanol–water partition coefficient (Wildman–Crippen LogP) is 2.87. The summed E-state index contributed by atoms with van der Waals surface area (Å²) in [5.41, 5.74) is 1.15. The van der Waals surface area contributed by atoms with Gasteiger partial charge in [0.2, 0.25) is 5.91 Å². The number of thiophene rings is 1. The average molecular weight is 315 g/mol. The molecule has 1 aromatic heterocycles. The molecular formula is C17H17NO3S.